The molecule has 1 amide bonds. The second kappa shape index (κ2) is 8.09. The number of fused-ring (bicyclic) bond motifs is 1. The number of nitro groups is 1. The molecule has 3 aromatic rings. The van der Waals surface area contributed by atoms with Gasteiger partial charge in [-0.15, -0.1) is 0 Å². The third-order valence-electron chi connectivity index (χ3n) is 3.87. The number of carbonyl (C=O) groups excluding carboxylic acids is 1. The molecule has 0 heterocycles. The van der Waals surface area contributed by atoms with E-state index in [4.69, 9.17) is 4.74 Å². The third kappa shape index (κ3) is 4.66. The summed E-state index contributed by atoms with van der Waals surface area (Å²) in [6, 6.07) is 19.4. The van der Waals surface area contributed by atoms with Gasteiger partial charge in [0.25, 0.3) is 11.6 Å². The van der Waals surface area contributed by atoms with E-state index >= 15 is 0 Å². The minimum atomic E-state index is -0.756. The Morgan fingerprint density at radius 1 is 1.11 bits per heavy atom. The lowest BCUT2D eigenvalue weighted by Crippen LogP contribution is -2.33. The van der Waals surface area contributed by atoms with Crippen LogP contribution in [0.2, 0.25) is 0 Å². The monoisotopic (exact) mass is 363 g/mol. The SMILES string of the molecule is CC(Oc1ccc2ccccc2c1)C(=O)N/N=C/c1cccc([N+](=O)[O-])c1. The third-order valence-corrected chi connectivity index (χ3v) is 3.87. The Labute approximate surface area is 155 Å². The van der Waals surface area contributed by atoms with Crippen molar-refractivity contribution < 1.29 is 14.5 Å². The molecule has 0 aliphatic carbocycles. The van der Waals surface area contributed by atoms with Gasteiger partial charge in [0.05, 0.1) is 11.1 Å². The Kier molecular flexibility index (Phi) is 5.41. The number of hydrogen-bond acceptors (Lipinski definition) is 5. The Morgan fingerprint density at radius 3 is 2.67 bits per heavy atom. The predicted molar refractivity (Wildman–Crippen MR) is 103 cm³/mol. The van der Waals surface area contributed by atoms with E-state index in [1.54, 1.807) is 25.1 Å². The van der Waals surface area contributed by atoms with Crippen molar-refractivity contribution in [3.63, 3.8) is 0 Å². The number of rotatable bonds is 6. The molecule has 0 spiro atoms. The standard InChI is InChI=1S/C20H17N3O4/c1-14(27-19-10-9-16-6-2-3-7-17(16)12-19)20(24)22-21-13-15-5-4-8-18(11-15)23(25)26/h2-14H,1H3,(H,22,24)/b21-13+. The first kappa shape index (κ1) is 18.1. The first-order chi connectivity index (χ1) is 13.0. The number of ether oxygens (including phenoxy) is 1. The molecular weight excluding hydrogens is 346 g/mol. The normalized spacial score (nSPS) is 12.0. The largest absolute Gasteiger partial charge is 0.481 e. The number of nitrogens with one attached hydrogen (secondary N) is 1. The summed E-state index contributed by atoms with van der Waals surface area (Å²) in [5.74, 6) is 0.156. The van der Waals surface area contributed by atoms with E-state index in [9.17, 15) is 14.9 Å². The van der Waals surface area contributed by atoms with Crippen LogP contribution in [0, 0.1) is 10.1 Å². The van der Waals surface area contributed by atoms with E-state index in [1.807, 2.05) is 36.4 Å². The zero-order chi connectivity index (χ0) is 19.2. The van der Waals surface area contributed by atoms with Gasteiger partial charge < -0.3 is 4.74 Å². The molecular formula is C20H17N3O4. The molecule has 0 radical (unpaired) electrons. The number of benzene rings is 3. The van der Waals surface area contributed by atoms with Gasteiger partial charge in [0.2, 0.25) is 0 Å². The van der Waals surface area contributed by atoms with Crippen LogP contribution in [0.1, 0.15) is 12.5 Å². The predicted octanol–water partition coefficient (Wildman–Crippen LogP) is 3.67. The molecule has 1 atom stereocenters. The van der Waals surface area contributed by atoms with Crippen LogP contribution in [0.3, 0.4) is 0 Å². The minimum Gasteiger partial charge on any atom is -0.481 e. The average molecular weight is 363 g/mol. The number of nitrogens with zero attached hydrogens (tertiary/aromatic N) is 2. The summed E-state index contributed by atoms with van der Waals surface area (Å²) in [5, 5.41) is 16.7. The van der Waals surface area contributed by atoms with Crippen molar-refractivity contribution in [1.29, 1.82) is 0 Å². The zero-order valence-corrected chi connectivity index (χ0v) is 14.5. The van der Waals surface area contributed by atoms with Gasteiger partial charge in [-0.1, -0.05) is 42.5 Å². The van der Waals surface area contributed by atoms with Crippen LogP contribution in [-0.4, -0.2) is 23.1 Å². The summed E-state index contributed by atoms with van der Waals surface area (Å²) in [6.07, 6.45) is 0.585. The lowest BCUT2D eigenvalue weighted by atomic mass is 10.1. The smallest absolute Gasteiger partial charge is 0.280 e. The molecule has 1 unspecified atom stereocenters. The number of amides is 1. The Hall–Kier alpha value is -3.74. The van der Waals surface area contributed by atoms with E-state index in [0.29, 0.717) is 11.3 Å². The van der Waals surface area contributed by atoms with Crippen LogP contribution in [0.5, 0.6) is 5.75 Å². The van der Waals surface area contributed by atoms with E-state index in [-0.39, 0.29) is 5.69 Å². The number of non-ortho nitro benzene ring substituents is 1. The second-order valence-electron chi connectivity index (χ2n) is 5.86. The summed E-state index contributed by atoms with van der Waals surface area (Å²) in [6.45, 7) is 1.62. The topological polar surface area (TPSA) is 93.8 Å². The highest BCUT2D eigenvalue weighted by Gasteiger charge is 2.14. The van der Waals surface area contributed by atoms with E-state index in [0.717, 1.165) is 10.8 Å². The van der Waals surface area contributed by atoms with Gasteiger partial charge in [0.1, 0.15) is 5.75 Å². The van der Waals surface area contributed by atoms with Crippen LogP contribution in [0.25, 0.3) is 10.8 Å². The van der Waals surface area contributed by atoms with Crippen molar-refractivity contribution in [3.05, 3.63) is 82.4 Å². The molecule has 0 bridgehead atoms. The molecule has 0 fully saturated rings. The molecule has 27 heavy (non-hydrogen) atoms. The maximum absolute atomic E-state index is 12.1. The second-order valence-corrected chi connectivity index (χ2v) is 5.86. The van der Waals surface area contributed by atoms with Gasteiger partial charge in [-0.3, -0.25) is 14.9 Å². The summed E-state index contributed by atoms with van der Waals surface area (Å²) < 4.78 is 5.66. The highest BCUT2D eigenvalue weighted by molar-refractivity contribution is 5.86. The molecule has 0 saturated carbocycles. The Bertz CT molecular complexity index is 1020. The van der Waals surface area contributed by atoms with Crippen molar-refractivity contribution in [1.82, 2.24) is 5.43 Å². The summed E-state index contributed by atoms with van der Waals surface area (Å²) in [5.41, 5.74) is 2.84. The van der Waals surface area contributed by atoms with Crippen LogP contribution in [0.4, 0.5) is 5.69 Å². The fourth-order valence-corrected chi connectivity index (χ4v) is 2.48. The molecule has 1 N–H and O–H groups in total. The van der Waals surface area contributed by atoms with Crippen molar-refractivity contribution in [2.45, 2.75) is 13.0 Å². The van der Waals surface area contributed by atoms with Crippen molar-refractivity contribution in [2.75, 3.05) is 0 Å². The van der Waals surface area contributed by atoms with Gasteiger partial charge in [0, 0.05) is 17.7 Å². The summed E-state index contributed by atoms with van der Waals surface area (Å²) in [4.78, 5) is 22.4. The lowest BCUT2D eigenvalue weighted by Gasteiger charge is -2.13. The Morgan fingerprint density at radius 2 is 1.89 bits per heavy atom. The molecule has 0 aliphatic rings. The van der Waals surface area contributed by atoms with Gasteiger partial charge in [0.15, 0.2) is 6.10 Å². The van der Waals surface area contributed by atoms with Gasteiger partial charge >= 0.3 is 0 Å². The highest BCUT2D eigenvalue weighted by atomic mass is 16.6. The minimum absolute atomic E-state index is 0.0433. The molecule has 0 aromatic heterocycles. The number of nitro benzene ring substituents is 1. The molecule has 3 rings (SSSR count). The molecule has 7 heteroatoms. The van der Waals surface area contributed by atoms with Crippen LogP contribution < -0.4 is 10.2 Å². The lowest BCUT2D eigenvalue weighted by molar-refractivity contribution is -0.384. The maximum atomic E-state index is 12.1. The fourth-order valence-electron chi connectivity index (χ4n) is 2.48. The first-order valence-electron chi connectivity index (χ1n) is 8.26. The molecule has 136 valence electrons. The molecule has 7 nitrogen and oxygen atoms in total. The van der Waals surface area contributed by atoms with Crippen LogP contribution >= 0.6 is 0 Å². The number of carbonyl (C=O) groups is 1. The fraction of sp³-hybridized carbons (Fsp3) is 0.100. The quantitative estimate of drug-likeness (QED) is 0.411. The van der Waals surface area contributed by atoms with E-state index in [1.165, 1.54) is 18.3 Å². The highest BCUT2D eigenvalue weighted by Crippen LogP contribution is 2.21. The van der Waals surface area contributed by atoms with Gasteiger partial charge in [-0.2, -0.15) is 5.10 Å². The van der Waals surface area contributed by atoms with Gasteiger partial charge in [-0.05, 0) is 29.8 Å². The Balaban J connectivity index is 1.60. The van der Waals surface area contributed by atoms with Crippen LogP contribution in [0.15, 0.2) is 71.8 Å². The summed E-state index contributed by atoms with van der Waals surface area (Å²) >= 11 is 0. The molecule has 0 saturated heterocycles. The van der Waals surface area contributed by atoms with Crippen molar-refractivity contribution in [2.24, 2.45) is 5.10 Å². The number of hydrazone groups is 1. The van der Waals surface area contributed by atoms with Crippen molar-refractivity contribution in [3.8, 4) is 5.75 Å². The summed E-state index contributed by atoms with van der Waals surface area (Å²) in [7, 11) is 0. The molecule has 3 aromatic carbocycles. The number of hydrogen-bond donors (Lipinski definition) is 1. The first-order valence-corrected chi connectivity index (χ1v) is 8.26. The van der Waals surface area contributed by atoms with Crippen LogP contribution in [-0.2, 0) is 4.79 Å². The van der Waals surface area contributed by atoms with Gasteiger partial charge in [-0.25, -0.2) is 5.43 Å². The zero-order valence-electron chi connectivity index (χ0n) is 14.5. The van der Waals surface area contributed by atoms with E-state index in [2.05, 4.69) is 10.5 Å². The molecule has 0 aliphatic heterocycles. The maximum Gasteiger partial charge on any atom is 0.280 e. The van der Waals surface area contributed by atoms with E-state index < -0.39 is 16.9 Å². The van der Waals surface area contributed by atoms with Crippen molar-refractivity contribution >= 4 is 28.6 Å². The average Bonchev–Trinajstić information content (AvgIpc) is 2.68.